The Kier molecular flexibility index (Phi) is 5.63. The molecule has 144 valence electrons. The van der Waals surface area contributed by atoms with E-state index in [4.69, 9.17) is 4.74 Å². The molecule has 1 saturated heterocycles. The van der Waals surface area contributed by atoms with E-state index >= 15 is 0 Å². The van der Waals surface area contributed by atoms with Gasteiger partial charge < -0.3 is 14.7 Å². The van der Waals surface area contributed by atoms with E-state index in [-0.39, 0.29) is 12.1 Å². The highest BCUT2D eigenvalue weighted by Gasteiger charge is 2.46. The van der Waals surface area contributed by atoms with Gasteiger partial charge in [-0.3, -0.25) is 0 Å². The second kappa shape index (κ2) is 7.64. The normalized spacial score (nSPS) is 21.7. The Labute approximate surface area is 169 Å². The molecule has 1 fully saturated rings. The van der Waals surface area contributed by atoms with Gasteiger partial charge in [0.05, 0.1) is 11.6 Å². The van der Waals surface area contributed by atoms with Crippen LogP contribution in [0.2, 0.25) is 0 Å². The number of ether oxygens (including phenoxy) is 1. The highest BCUT2D eigenvalue weighted by molar-refractivity contribution is 9.10. The Bertz CT molecular complexity index is 785. The van der Waals surface area contributed by atoms with E-state index < -0.39 is 11.2 Å². The smallest absolute Gasteiger partial charge is 0.411 e. The van der Waals surface area contributed by atoms with Crippen molar-refractivity contribution < 1.29 is 14.6 Å². The van der Waals surface area contributed by atoms with Gasteiger partial charge in [0.1, 0.15) is 5.60 Å². The number of aliphatic hydroxyl groups is 1. The van der Waals surface area contributed by atoms with Gasteiger partial charge in [0.25, 0.3) is 0 Å². The molecule has 2 aromatic rings. The first kappa shape index (κ1) is 19.9. The third-order valence-corrected chi connectivity index (χ3v) is 5.64. The van der Waals surface area contributed by atoms with Crippen molar-refractivity contribution in [2.45, 2.75) is 50.9 Å². The largest absolute Gasteiger partial charge is 0.438 e. The van der Waals surface area contributed by atoms with E-state index in [9.17, 15) is 9.90 Å². The first-order valence-electron chi connectivity index (χ1n) is 9.23. The Balaban J connectivity index is 1.85. The summed E-state index contributed by atoms with van der Waals surface area (Å²) >= 11 is 3.44. The topological polar surface area (TPSA) is 49.8 Å². The molecule has 0 radical (unpaired) electrons. The van der Waals surface area contributed by atoms with E-state index in [1.165, 1.54) is 0 Å². The van der Waals surface area contributed by atoms with Crippen LogP contribution in [0.25, 0.3) is 0 Å². The molecule has 1 amide bonds. The number of benzene rings is 2. The highest BCUT2D eigenvalue weighted by Crippen LogP contribution is 2.42. The van der Waals surface area contributed by atoms with Crippen LogP contribution < -0.4 is 0 Å². The summed E-state index contributed by atoms with van der Waals surface area (Å²) in [6, 6.07) is 17.6. The van der Waals surface area contributed by atoms with E-state index in [0.717, 1.165) is 15.6 Å². The number of carbonyl (C=O) groups excluding carboxylic acids is 1. The third-order valence-electron chi connectivity index (χ3n) is 5.11. The molecule has 1 heterocycles. The van der Waals surface area contributed by atoms with Gasteiger partial charge in [-0.05, 0) is 44.0 Å². The predicted molar refractivity (Wildman–Crippen MR) is 109 cm³/mol. The lowest BCUT2D eigenvalue weighted by atomic mass is 9.80. The zero-order valence-corrected chi connectivity index (χ0v) is 17.6. The van der Waals surface area contributed by atoms with Crippen molar-refractivity contribution in [3.05, 3.63) is 70.2 Å². The molecule has 2 atom stereocenters. The number of hydrogen-bond donors (Lipinski definition) is 1. The Hall–Kier alpha value is -1.85. The molecule has 0 unspecified atom stereocenters. The second-order valence-corrected chi connectivity index (χ2v) is 8.80. The fourth-order valence-corrected chi connectivity index (χ4v) is 4.08. The number of rotatable bonds is 5. The molecular weight excluding hydrogens is 406 g/mol. The minimum absolute atomic E-state index is 0.0819. The van der Waals surface area contributed by atoms with Crippen LogP contribution in [0.15, 0.2) is 59.1 Å². The monoisotopic (exact) mass is 431 g/mol. The van der Waals surface area contributed by atoms with Crippen molar-refractivity contribution in [3.8, 4) is 0 Å². The van der Waals surface area contributed by atoms with Crippen LogP contribution in [0, 0.1) is 0 Å². The molecular formula is C22H26BrNO3. The fraction of sp³-hybridized carbons (Fsp3) is 0.409. The van der Waals surface area contributed by atoms with Crippen LogP contribution in [0.1, 0.15) is 50.8 Å². The molecule has 27 heavy (non-hydrogen) atoms. The number of amides is 1. The van der Waals surface area contributed by atoms with Crippen molar-refractivity contribution >= 4 is 22.0 Å². The lowest BCUT2D eigenvalue weighted by Crippen LogP contribution is -2.51. The molecule has 1 aliphatic rings. The van der Waals surface area contributed by atoms with Crippen LogP contribution in [-0.4, -0.2) is 28.2 Å². The molecule has 0 spiro atoms. The maximum atomic E-state index is 13.0. The van der Waals surface area contributed by atoms with E-state index in [2.05, 4.69) is 15.9 Å². The highest BCUT2D eigenvalue weighted by atomic mass is 79.9. The summed E-state index contributed by atoms with van der Waals surface area (Å²) in [6.45, 7) is 6.09. The van der Waals surface area contributed by atoms with Crippen molar-refractivity contribution in [2.24, 2.45) is 0 Å². The summed E-state index contributed by atoms with van der Waals surface area (Å²) in [5.74, 6) is 0. The molecule has 4 nitrogen and oxygen atoms in total. The lowest BCUT2D eigenvalue weighted by molar-refractivity contribution is -0.101. The minimum atomic E-state index is -0.949. The molecule has 0 aliphatic carbocycles. The van der Waals surface area contributed by atoms with Crippen LogP contribution in [0.3, 0.4) is 0 Å². The van der Waals surface area contributed by atoms with E-state index in [1.807, 2.05) is 61.5 Å². The summed E-state index contributed by atoms with van der Waals surface area (Å²) in [6.07, 6.45) is 0.647. The summed E-state index contributed by atoms with van der Waals surface area (Å²) in [5, 5.41) is 10.5. The number of carbonyl (C=O) groups is 1. The number of nitrogens with zero attached hydrogens (tertiary/aromatic N) is 1. The van der Waals surface area contributed by atoms with Gasteiger partial charge in [0.2, 0.25) is 0 Å². The Morgan fingerprint density at radius 2 is 1.81 bits per heavy atom. The van der Waals surface area contributed by atoms with Gasteiger partial charge in [0, 0.05) is 23.9 Å². The summed E-state index contributed by atoms with van der Waals surface area (Å²) < 4.78 is 7.04. The maximum absolute atomic E-state index is 13.0. The average molecular weight is 432 g/mol. The Morgan fingerprint density at radius 3 is 2.37 bits per heavy atom. The zero-order chi connectivity index (χ0) is 19.7. The zero-order valence-electron chi connectivity index (χ0n) is 16.0. The van der Waals surface area contributed by atoms with Gasteiger partial charge >= 0.3 is 6.09 Å². The van der Waals surface area contributed by atoms with Crippen LogP contribution in [-0.2, 0) is 10.3 Å². The average Bonchev–Trinajstić information content (AvgIpc) is 2.61. The summed E-state index contributed by atoms with van der Waals surface area (Å²) in [5.41, 5.74) is 0.226. The van der Waals surface area contributed by atoms with Crippen LogP contribution in [0.4, 0.5) is 4.79 Å². The summed E-state index contributed by atoms with van der Waals surface area (Å²) in [7, 11) is 0. The van der Waals surface area contributed by atoms with Gasteiger partial charge in [-0.1, -0.05) is 58.4 Å². The minimum Gasteiger partial charge on any atom is -0.438 e. The van der Waals surface area contributed by atoms with E-state index in [0.29, 0.717) is 19.4 Å². The first-order chi connectivity index (χ1) is 12.7. The molecule has 5 heteroatoms. The quantitative estimate of drug-likeness (QED) is 0.688. The number of hydrogen-bond acceptors (Lipinski definition) is 3. The molecule has 0 bridgehead atoms. The van der Waals surface area contributed by atoms with Gasteiger partial charge in [0.15, 0.2) is 0 Å². The van der Waals surface area contributed by atoms with Crippen LogP contribution in [0.5, 0.6) is 0 Å². The van der Waals surface area contributed by atoms with Crippen LogP contribution >= 0.6 is 15.9 Å². The fourth-order valence-electron chi connectivity index (χ4n) is 3.81. The third kappa shape index (κ3) is 4.53. The second-order valence-electron chi connectivity index (χ2n) is 7.89. The Morgan fingerprint density at radius 1 is 1.19 bits per heavy atom. The maximum Gasteiger partial charge on any atom is 0.411 e. The molecule has 1 N–H and O–H groups in total. The molecule has 1 aliphatic heterocycles. The van der Waals surface area contributed by atoms with Gasteiger partial charge in [-0.2, -0.15) is 0 Å². The van der Waals surface area contributed by atoms with Crippen molar-refractivity contribution in [1.82, 2.24) is 4.90 Å². The lowest BCUT2D eigenvalue weighted by Gasteiger charge is -2.45. The molecule has 0 aromatic heterocycles. The standard InChI is InChI=1S/C22H26BrNO3/c1-16(17-9-11-19(23)12-10-17)24-14-13-22(27-20(24)25,15-21(2,3)26)18-7-5-4-6-8-18/h4-12,16,26H,13-15H2,1-3H3/t16-,22+/m0/s1. The van der Waals surface area contributed by atoms with Gasteiger partial charge in [-0.25, -0.2) is 4.79 Å². The SMILES string of the molecule is C[C@@H](c1ccc(Br)cc1)N1CC[C@@](CC(C)(C)O)(c2ccccc2)OC1=O. The van der Waals surface area contributed by atoms with Crippen molar-refractivity contribution in [2.75, 3.05) is 6.54 Å². The predicted octanol–water partition coefficient (Wildman–Crippen LogP) is 5.41. The molecule has 3 rings (SSSR count). The molecule has 2 aromatic carbocycles. The van der Waals surface area contributed by atoms with Crippen molar-refractivity contribution in [3.63, 3.8) is 0 Å². The number of halogens is 1. The first-order valence-corrected chi connectivity index (χ1v) is 10.0. The van der Waals surface area contributed by atoms with Gasteiger partial charge in [-0.15, -0.1) is 0 Å². The van der Waals surface area contributed by atoms with E-state index in [1.54, 1.807) is 18.7 Å². The molecule has 0 saturated carbocycles. The number of cyclic esters (lactones) is 1. The summed E-state index contributed by atoms with van der Waals surface area (Å²) in [4.78, 5) is 14.7. The van der Waals surface area contributed by atoms with Crippen molar-refractivity contribution in [1.29, 1.82) is 0 Å².